The van der Waals surface area contributed by atoms with Crippen molar-refractivity contribution in [3.05, 3.63) is 0 Å². The van der Waals surface area contributed by atoms with Crippen LogP contribution in [0.4, 0.5) is 0 Å². The third-order valence-electron chi connectivity index (χ3n) is 3.14. The summed E-state index contributed by atoms with van der Waals surface area (Å²) in [5.41, 5.74) is 0. The standard InChI is InChI=1S/C13H28N2O/c1-3-16-11-7-8-14-13(2)12-15-9-5-4-6-10-15/h13-14H,3-12H2,1-2H3. The van der Waals surface area contributed by atoms with Gasteiger partial charge in [0, 0.05) is 25.8 Å². The van der Waals surface area contributed by atoms with E-state index in [-0.39, 0.29) is 0 Å². The van der Waals surface area contributed by atoms with Gasteiger partial charge in [0.2, 0.25) is 0 Å². The van der Waals surface area contributed by atoms with E-state index in [1.54, 1.807) is 0 Å². The van der Waals surface area contributed by atoms with Gasteiger partial charge in [0.15, 0.2) is 0 Å². The van der Waals surface area contributed by atoms with E-state index in [0.717, 1.165) is 26.2 Å². The molecule has 1 N–H and O–H groups in total. The molecule has 96 valence electrons. The number of nitrogens with zero attached hydrogens (tertiary/aromatic N) is 1. The maximum absolute atomic E-state index is 5.31. The summed E-state index contributed by atoms with van der Waals surface area (Å²) in [5, 5.41) is 3.57. The normalized spacial score (nSPS) is 19.9. The lowest BCUT2D eigenvalue weighted by molar-refractivity contribution is 0.143. The van der Waals surface area contributed by atoms with Crippen molar-refractivity contribution in [1.82, 2.24) is 10.2 Å². The Labute approximate surface area is 101 Å². The molecule has 1 saturated heterocycles. The van der Waals surface area contributed by atoms with Crippen LogP contribution in [0.5, 0.6) is 0 Å². The summed E-state index contributed by atoms with van der Waals surface area (Å²) in [5.74, 6) is 0. The minimum absolute atomic E-state index is 0.611. The van der Waals surface area contributed by atoms with Crippen molar-refractivity contribution < 1.29 is 4.74 Å². The Morgan fingerprint density at radius 3 is 2.69 bits per heavy atom. The molecule has 0 spiro atoms. The molecule has 16 heavy (non-hydrogen) atoms. The van der Waals surface area contributed by atoms with Gasteiger partial charge in [-0.25, -0.2) is 0 Å². The van der Waals surface area contributed by atoms with Gasteiger partial charge in [0.25, 0.3) is 0 Å². The van der Waals surface area contributed by atoms with Crippen LogP contribution in [-0.4, -0.2) is 50.3 Å². The molecule has 1 fully saturated rings. The average Bonchev–Trinajstić information content (AvgIpc) is 2.30. The molecule has 1 aliphatic rings. The third-order valence-corrected chi connectivity index (χ3v) is 3.14. The number of hydrogen-bond acceptors (Lipinski definition) is 3. The highest BCUT2D eigenvalue weighted by molar-refractivity contribution is 4.70. The first-order chi connectivity index (χ1) is 7.83. The zero-order valence-electron chi connectivity index (χ0n) is 11.0. The van der Waals surface area contributed by atoms with E-state index >= 15 is 0 Å². The van der Waals surface area contributed by atoms with Gasteiger partial charge in [0.1, 0.15) is 0 Å². The second-order valence-electron chi connectivity index (χ2n) is 4.77. The molecule has 1 unspecified atom stereocenters. The largest absolute Gasteiger partial charge is 0.382 e. The van der Waals surface area contributed by atoms with Crippen molar-refractivity contribution in [2.24, 2.45) is 0 Å². The molecular weight excluding hydrogens is 200 g/mol. The number of nitrogens with one attached hydrogen (secondary N) is 1. The summed E-state index contributed by atoms with van der Waals surface area (Å²) in [4.78, 5) is 2.59. The lowest BCUT2D eigenvalue weighted by atomic mass is 10.1. The van der Waals surface area contributed by atoms with Crippen molar-refractivity contribution in [1.29, 1.82) is 0 Å². The molecule has 0 bridgehead atoms. The van der Waals surface area contributed by atoms with Crippen LogP contribution in [0.2, 0.25) is 0 Å². The molecule has 0 radical (unpaired) electrons. The highest BCUT2D eigenvalue weighted by atomic mass is 16.5. The zero-order valence-corrected chi connectivity index (χ0v) is 11.0. The minimum Gasteiger partial charge on any atom is -0.382 e. The minimum atomic E-state index is 0.611. The van der Waals surface area contributed by atoms with E-state index in [9.17, 15) is 0 Å². The first-order valence-corrected chi connectivity index (χ1v) is 6.86. The van der Waals surface area contributed by atoms with Crippen LogP contribution in [0.15, 0.2) is 0 Å². The lowest BCUT2D eigenvalue weighted by Gasteiger charge is -2.29. The summed E-state index contributed by atoms with van der Waals surface area (Å²) in [7, 11) is 0. The fraction of sp³-hybridized carbons (Fsp3) is 1.00. The van der Waals surface area contributed by atoms with Crippen LogP contribution in [0.25, 0.3) is 0 Å². The van der Waals surface area contributed by atoms with Crippen LogP contribution < -0.4 is 5.32 Å². The molecule has 3 heteroatoms. The van der Waals surface area contributed by atoms with Gasteiger partial charge in [-0.1, -0.05) is 6.42 Å². The van der Waals surface area contributed by atoms with Crippen LogP contribution >= 0.6 is 0 Å². The molecule has 1 rings (SSSR count). The molecule has 0 aliphatic carbocycles. The highest BCUT2D eigenvalue weighted by Gasteiger charge is 2.12. The lowest BCUT2D eigenvalue weighted by Crippen LogP contribution is -2.41. The fourth-order valence-electron chi connectivity index (χ4n) is 2.26. The van der Waals surface area contributed by atoms with E-state index < -0.39 is 0 Å². The van der Waals surface area contributed by atoms with E-state index in [0.29, 0.717) is 6.04 Å². The highest BCUT2D eigenvalue weighted by Crippen LogP contribution is 2.08. The number of rotatable bonds is 8. The average molecular weight is 228 g/mol. The molecule has 0 aromatic heterocycles. The van der Waals surface area contributed by atoms with Gasteiger partial charge in [-0.3, -0.25) is 0 Å². The van der Waals surface area contributed by atoms with E-state index in [4.69, 9.17) is 4.74 Å². The predicted octanol–water partition coefficient (Wildman–Crippen LogP) is 1.88. The van der Waals surface area contributed by atoms with Crippen molar-refractivity contribution in [3.8, 4) is 0 Å². The molecule has 1 aliphatic heterocycles. The molecule has 0 saturated carbocycles. The molecule has 1 heterocycles. The van der Waals surface area contributed by atoms with Gasteiger partial charge in [-0.2, -0.15) is 0 Å². The number of ether oxygens (including phenoxy) is 1. The van der Waals surface area contributed by atoms with E-state index in [1.807, 2.05) is 6.92 Å². The zero-order chi connectivity index (χ0) is 11.6. The number of hydrogen-bond donors (Lipinski definition) is 1. The van der Waals surface area contributed by atoms with Crippen LogP contribution in [-0.2, 0) is 4.74 Å². The molecule has 0 aromatic rings. The Hall–Kier alpha value is -0.120. The van der Waals surface area contributed by atoms with Crippen LogP contribution in [0.1, 0.15) is 39.5 Å². The maximum atomic E-state index is 5.31. The second kappa shape index (κ2) is 8.97. The van der Waals surface area contributed by atoms with E-state index in [2.05, 4.69) is 17.1 Å². The fourth-order valence-corrected chi connectivity index (χ4v) is 2.26. The monoisotopic (exact) mass is 228 g/mol. The van der Waals surface area contributed by atoms with Crippen LogP contribution in [0.3, 0.4) is 0 Å². The smallest absolute Gasteiger partial charge is 0.0477 e. The Bertz CT molecular complexity index is 158. The van der Waals surface area contributed by atoms with Crippen molar-refractivity contribution >= 4 is 0 Å². The summed E-state index contributed by atoms with van der Waals surface area (Å²) in [6.45, 7) is 10.9. The van der Waals surface area contributed by atoms with Gasteiger partial charge >= 0.3 is 0 Å². The molecule has 3 nitrogen and oxygen atoms in total. The Morgan fingerprint density at radius 2 is 2.00 bits per heavy atom. The number of likely N-dealkylation sites (tertiary alicyclic amines) is 1. The van der Waals surface area contributed by atoms with Crippen molar-refractivity contribution in [2.75, 3.05) is 39.4 Å². The van der Waals surface area contributed by atoms with Gasteiger partial charge in [0.05, 0.1) is 0 Å². The first kappa shape index (κ1) is 13.9. The molecule has 0 amide bonds. The second-order valence-corrected chi connectivity index (χ2v) is 4.77. The van der Waals surface area contributed by atoms with Gasteiger partial charge in [-0.15, -0.1) is 0 Å². The molecule has 1 atom stereocenters. The molecular formula is C13H28N2O. The SMILES string of the molecule is CCOCCCNC(C)CN1CCCCC1. The molecule has 0 aromatic carbocycles. The Morgan fingerprint density at radius 1 is 1.25 bits per heavy atom. The Balaban J connectivity index is 1.95. The summed E-state index contributed by atoms with van der Waals surface area (Å²) in [6.07, 6.45) is 5.32. The van der Waals surface area contributed by atoms with Crippen molar-refractivity contribution in [2.45, 2.75) is 45.6 Å². The summed E-state index contributed by atoms with van der Waals surface area (Å²) < 4.78 is 5.31. The van der Waals surface area contributed by atoms with Crippen LogP contribution in [0, 0.1) is 0 Å². The Kier molecular flexibility index (Phi) is 7.81. The van der Waals surface area contributed by atoms with E-state index in [1.165, 1.54) is 38.9 Å². The van der Waals surface area contributed by atoms with Crippen molar-refractivity contribution in [3.63, 3.8) is 0 Å². The quantitative estimate of drug-likeness (QED) is 0.642. The predicted molar refractivity (Wildman–Crippen MR) is 68.9 cm³/mol. The topological polar surface area (TPSA) is 24.5 Å². The van der Waals surface area contributed by atoms with Gasteiger partial charge < -0.3 is 15.0 Å². The summed E-state index contributed by atoms with van der Waals surface area (Å²) >= 11 is 0. The summed E-state index contributed by atoms with van der Waals surface area (Å²) in [6, 6.07) is 0.611. The third kappa shape index (κ3) is 6.46. The van der Waals surface area contributed by atoms with Gasteiger partial charge in [-0.05, 0) is 52.7 Å². The number of piperidine rings is 1. The maximum Gasteiger partial charge on any atom is 0.0477 e. The first-order valence-electron chi connectivity index (χ1n) is 6.86.